The second-order valence-corrected chi connectivity index (χ2v) is 10.8. The summed E-state index contributed by atoms with van der Waals surface area (Å²) in [7, 11) is 0. The molecule has 48 heavy (non-hydrogen) atoms. The highest BCUT2D eigenvalue weighted by Crippen LogP contribution is 2.33. The monoisotopic (exact) mass is 672 g/mol. The van der Waals surface area contributed by atoms with Crippen LogP contribution in [-0.2, 0) is 6.42 Å². The van der Waals surface area contributed by atoms with Gasteiger partial charge in [0, 0.05) is 52.9 Å². The number of rotatable bonds is 11. The Hall–Kier alpha value is -5.13. The molecular formula is C36H25F9N2O. The van der Waals surface area contributed by atoms with Crippen molar-refractivity contribution < 1.29 is 44.3 Å². The van der Waals surface area contributed by atoms with E-state index in [-0.39, 0.29) is 40.5 Å². The van der Waals surface area contributed by atoms with E-state index in [9.17, 15) is 30.7 Å². The molecule has 0 atom stereocenters. The van der Waals surface area contributed by atoms with Gasteiger partial charge in [0.25, 0.3) is 0 Å². The molecule has 1 heterocycles. The third-order valence-electron chi connectivity index (χ3n) is 7.33. The van der Waals surface area contributed by atoms with E-state index in [1.807, 2.05) is 0 Å². The van der Waals surface area contributed by atoms with Gasteiger partial charge in [0.05, 0.1) is 0 Å². The van der Waals surface area contributed by atoms with Gasteiger partial charge in [0.1, 0.15) is 29.0 Å². The molecule has 0 unspecified atom stereocenters. The summed E-state index contributed by atoms with van der Waals surface area (Å²) in [5.74, 6) is -10.6. The fourth-order valence-corrected chi connectivity index (χ4v) is 4.88. The van der Waals surface area contributed by atoms with Gasteiger partial charge in [-0.25, -0.2) is 40.7 Å². The standard InChI is InChI=1S/C36H25F9N2O/c1-2-3-4-5-20-18-46-35(47-19-20)22-7-9-25(29(38)13-22)21-6-8-26(28(37)12-21)23-14-30(39)27(31(40)15-23)10-11-36(44,45)48-24-16-32(41)34(43)33(42)17-24/h6-19H,2-5H2,1H3/b11-10+. The van der Waals surface area contributed by atoms with Gasteiger partial charge in [0.15, 0.2) is 23.3 Å². The zero-order valence-corrected chi connectivity index (χ0v) is 25.1. The van der Waals surface area contributed by atoms with Crippen molar-refractivity contribution in [3.05, 3.63) is 131 Å². The zero-order chi connectivity index (χ0) is 34.6. The minimum Gasteiger partial charge on any atom is -0.429 e. The van der Waals surface area contributed by atoms with Gasteiger partial charge in [-0.1, -0.05) is 44.0 Å². The first-order valence-corrected chi connectivity index (χ1v) is 14.7. The van der Waals surface area contributed by atoms with Crippen molar-refractivity contribution in [3.8, 4) is 39.4 Å². The Morgan fingerprint density at radius 1 is 0.646 bits per heavy atom. The maximum atomic E-state index is 15.2. The number of hydrogen-bond donors (Lipinski definition) is 0. The molecule has 0 radical (unpaired) electrons. The summed E-state index contributed by atoms with van der Waals surface area (Å²) >= 11 is 0. The molecule has 0 saturated heterocycles. The molecule has 0 saturated carbocycles. The lowest BCUT2D eigenvalue weighted by Gasteiger charge is -2.15. The molecule has 0 spiro atoms. The molecule has 0 fully saturated rings. The van der Waals surface area contributed by atoms with Crippen LogP contribution in [0.1, 0.15) is 37.3 Å². The van der Waals surface area contributed by atoms with Crippen LogP contribution in [0, 0.1) is 40.7 Å². The topological polar surface area (TPSA) is 35.0 Å². The van der Waals surface area contributed by atoms with Gasteiger partial charge in [0.2, 0.25) is 0 Å². The van der Waals surface area contributed by atoms with Crippen molar-refractivity contribution in [2.24, 2.45) is 0 Å². The summed E-state index contributed by atoms with van der Waals surface area (Å²) in [6, 6.07) is 9.49. The minimum absolute atomic E-state index is 0.0486. The van der Waals surface area contributed by atoms with E-state index in [2.05, 4.69) is 21.6 Å². The summed E-state index contributed by atoms with van der Waals surface area (Å²) in [6.45, 7) is 2.11. The normalized spacial score (nSPS) is 11.8. The summed E-state index contributed by atoms with van der Waals surface area (Å²) in [4.78, 5) is 8.63. The lowest BCUT2D eigenvalue weighted by Crippen LogP contribution is -2.21. The lowest BCUT2D eigenvalue weighted by atomic mass is 9.97. The molecule has 1 aromatic heterocycles. The molecule has 0 amide bonds. The fourth-order valence-electron chi connectivity index (χ4n) is 4.88. The predicted molar refractivity (Wildman–Crippen MR) is 162 cm³/mol. The molecule has 4 aromatic carbocycles. The van der Waals surface area contributed by atoms with Crippen LogP contribution >= 0.6 is 0 Å². The van der Waals surface area contributed by atoms with Gasteiger partial charge >= 0.3 is 6.11 Å². The maximum Gasteiger partial charge on any atom is 0.419 e. The highest BCUT2D eigenvalue weighted by molar-refractivity contribution is 5.74. The van der Waals surface area contributed by atoms with E-state index in [1.165, 1.54) is 24.3 Å². The van der Waals surface area contributed by atoms with Crippen molar-refractivity contribution in [2.75, 3.05) is 0 Å². The molecule has 248 valence electrons. The molecule has 0 N–H and O–H groups in total. The third-order valence-corrected chi connectivity index (χ3v) is 7.33. The van der Waals surface area contributed by atoms with E-state index < -0.39 is 58.1 Å². The molecule has 0 aliphatic rings. The molecule has 5 aromatic rings. The van der Waals surface area contributed by atoms with Gasteiger partial charge in [-0.3, -0.25) is 0 Å². The third kappa shape index (κ3) is 7.87. The number of unbranched alkanes of at least 4 members (excludes halogenated alkanes) is 2. The smallest absolute Gasteiger partial charge is 0.419 e. The Morgan fingerprint density at radius 2 is 1.19 bits per heavy atom. The largest absolute Gasteiger partial charge is 0.429 e. The summed E-state index contributed by atoms with van der Waals surface area (Å²) in [5.41, 5.74) is 0.0775. The summed E-state index contributed by atoms with van der Waals surface area (Å²) in [6.07, 6.45) is 3.33. The van der Waals surface area contributed by atoms with Crippen molar-refractivity contribution in [2.45, 2.75) is 38.7 Å². The molecule has 0 aliphatic heterocycles. The molecule has 0 aliphatic carbocycles. The Labute approximate surface area is 269 Å². The van der Waals surface area contributed by atoms with Crippen LogP contribution in [0.25, 0.3) is 39.7 Å². The number of ether oxygens (including phenoxy) is 1. The number of benzene rings is 4. The van der Waals surface area contributed by atoms with Crippen LogP contribution < -0.4 is 4.74 Å². The summed E-state index contributed by atoms with van der Waals surface area (Å²) < 4.78 is 132. The minimum atomic E-state index is -4.32. The Morgan fingerprint density at radius 3 is 1.77 bits per heavy atom. The second kappa shape index (κ2) is 14.3. The average molecular weight is 673 g/mol. The highest BCUT2D eigenvalue weighted by Gasteiger charge is 2.29. The van der Waals surface area contributed by atoms with Crippen LogP contribution in [0.4, 0.5) is 39.5 Å². The van der Waals surface area contributed by atoms with Crippen LogP contribution in [0.5, 0.6) is 5.75 Å². The Balaban J connectivity index is 1.32. The highest BCUT2D eigenvalue weighted by atomic mass is 19.3. The van der Waals surface area contributed by atoms with Crippen LogP contribution in [0.3, 0.4) is 0 Å². The molecule has 5 rings (SSSR count). The first-order valence-electron chi connectivity index (χ1n) is 14.7. The Bertz CT molecular complexity index is 1930. The fraction of sp³-hybridized carbons (Fsp3) is 0.167. The SMILES string of the molecule is CCCCCc1cnc(-c2ccc(-c3ccc(-c4cc(F)c(/C=C/C(F)(F)Oc5cc(F)c(F)c(F)c5)c(F)c4)c(F)c3)c(F)c2)nc1. The van der Waals surface area contributed by atoms with Crippen molar-refractivity contribution in [1.29, 1.82) is 0 Å². The number of nitrogens with zero attached hydrogens (tertiary/aromatic N) is 2. The molecule has 3 nitrogen and oxygen atoms in total. The van der Waals surface area contributed by atoms with Gasteiger partial charge in [-0.2, -0.15) is 8.78 Å². The van der Waals surface area contributed by atoms with Crippen molar-refractivity contribution in [1.82, 2.24) is 9.97 Å². The molecular weight excluding hydrogens is 647 g/mol. The van der Waals surface area contributed by atoms with Crippen LogP contribution in [-0.4, -0.2) is 16.1 Å². The van der Waals surface area contributed by atoms with E-state index >= 15 is 8.78 Å². The number of halogens is 9. The van der Waals surface area contributed by atoms with Crippen LogP contribution in [0.15, 0.2) is 79.1 Å². The van der Waals surface area contributed by atoms with E-state index in [0.29, 0.717) is 29.6 Å². The first-order chi connectivity index (χ1) is 22.8. The van der Waals surface area contributed by atoms with E-state index in [1.54, 1.807) is 18.5 Å². The Kier molecular flexibility index (Phi) is 10.2. The van der Waals surface area contributed by atoms with Gasteiger partial charge < -0.3 is 4.74 Å². The van der Waals surface area contributed by atoms with Gasteiger partial charge in [-0.15, -0.1) is 0 Å². The number of alkyl halides is 2. The van der Waals surface area contributed by atoms with Crippen LogP contribution in [0.2, 0.25) is 0 Å². The lowest BCUT2D eigenvalue weighted by molar-refractivity contribution is -0.131. The maximum absolute atomic E-state index is 15.2. The van der Waals surface area contributed by atoms with E-state index in [0.717, 1.165) is 37.3 Å². The average Bonchev–Trinajstić information content (AvgIpc) is 3.03. The number of hydrogen-bond acceptors (Lipinski definition) is 3. The predicted octanol–water partition coefficient (Wildman–Crippen LogP) is 10.9. The van der Waals surface area contributed by atoms with Gasteiger partial charge in [-0.05, 0) is 59.9 Å². The number of aromatic nitrogens is 2. The van der Waals surface area contributed by atoms with E-state index in [4.69, 9.17) is 0 Å². The van der Waals surface area contributed by atoms with Crippen molar-refractivity contribution >= 4 is 6.08 Å². The number of aryl methyl sites for hydroxylation is 1. The zero-order valence-electron chi connectivity index (χ0n) is 25.1. The quantitative estimate of drug-likeness (QED) is 0.0796. The first kappa shape index (κ1) is 34.2. The summed E-state index contributed by atoms with van der Waals surface area (Å²) in [5, 5.41) is 0. The molecule has 12 heteroatoms. The second-order valence-electron chi connectivity index (χ2n) is 10.8. The molecule has 0 bridgehead atoms. The van der Waals surface area contributed by atoms with Crippen molar-refractivity contribution in [3.63, 3.8) is 0 Å².